The summed E-state index contributed by atoms with van der Waals surface area (Å²) in [6.07, 6.45) is 4.24. The van der Waals surface area contributed by atoms with Crippen molar-refractivity contribution >= 4 is 5.91 Å². The maximum atomic E-state index is 11.2. The fraction of sp³-hybridized carbons (Fsp3) is 0.250. The lowest BCUT2D eigenvalue weighted by Crippen LogP contribution is -2.23. The van der Waals surface area contributed by atoms with Crippen LogP contribution in [0.2, 0.25) is 0 Å². The number of carbonyl (C=O) groups excluding carboxylic acids is 1. The van der Waals surface area contributed by atoms with Gasteiger partial charge in [-0.05, 0) is 35.7 Å². The highest BCUT2D eigenvalue weighted by Gasteiger charge is 2.18. The van der Waals surface area contributed by atoms with Gasteiger partial charge in [0.05, 0.1) is 6.10 Å². The Morgan fingerprint density at radius 3 is 2.79 bits per heavy atom. The monoisotopic (exact) mass is 323 g/mol. The Hall–Kier alpha value is -2.59. The van der Waals surface area contributed by atoms with Gasteiger partial charge in [0.25, 0.3) is 0 Å². The molecule has 4 heteroatoms. The molecule has 0 bridgehead atoms. The zero-order valence-corrected chi connectivity index (χ0v) is 13.4. The maximum Gasteiger partial charge on any atom is 0.220 e. The number of hydrogen-bond donors (Lipinski definition) is 2. The molecule has 0 radical (unpaired) electrons. The summed E-state index contributed by atoms with van der Waals surface area (Å²) < 4.78 is 5.73. The first-order valence-corrected chi connectivity index (χ1v) is 8.13. The van der Waals surface area contributed by atoms with Gasteiger partial charge in [-0.2, -0.15) is 0 Å². The van der Waals surface area contributed by atoms with E-state index in [-0.39, 0.29) is 11.9 Å². The molecule has 1 aliphatic rings. The molecule has 1 heterocycles. The molecule has 2 aromatic carbocycles. The highest BCUT2D eigenvalue weighted by molar-refractivity contribution is 5.78. The molecule has 3 rings (SSSR count). The summed E-state index contributed by atoms with van der Waals surface area (Å²) in [7, 11) is 0. The summed E-state index contributed by atoms with van der Waals surface area (Å²) in [6, 6.07) is 17.4. The van der Waals surface area contributed by atoms with E-state index < -0.39 is 6.10 Å². The van der Waals surface area contributed by atoms with Crippen molar-refractivity contribution in [3.8, 4) is 5.75 Å². The van der Waals surface area contributed by atoms with Crippen molar-refractivity contribution in [3.05, 3.63) is 77.9 Å². The molecule has 24 heavy (non-hydrogen) atoms. The quantitative estimate of drug-likeness (QED) is 0.803. The summed E-state index contributed by atoms with van der Waals surface area (Å²) >= 11 is 0. The van der Waals surface area contributed by atoms with Gasteiger partial charge in [-0.3, -0.25) is 4.79 Å². The third kappa shape index (κ3) is 4.46. The molecular formula is C20H21NO3. The van der Waals surface area contributed by atoms with E-state index in [1.54, 1.807) is 6.08 Å². The van der Waals surface area contributed by atoms with E-state index in [1.807, 2.05) is 60.7 Å². The minimum atomic E-state index is -0.695. The minimum absolute atomic E-state index is 0.0248. The molecule has 0 aliphatic carbocycles. The van der Waals surface area contributed by atoms with Crippen LogP contribution in [0.1, 0.15) is 30.1 Å². The Morgan fingerprint density at radius 1 is 1.21 bits per heavy atom. The zero-order valence-electron chi connectivity index (χ0n) is 13.4. The topological polar surface area (TPSA) is 58.6 Å². The lowest BCUT2D eigenvalue weighted by Gasteiger charge is -2.11. The molecule has 1 unspecified atom stereocenters. The summed E-state index contributed by atoms with van der Waals surface area (Å²) in [5, 5.41) is 13.2. The van der Waals surface area contributed by atoms with E-state index in [0.717, 1.165) is 23.3 Å². The number of benzene rings is 2. The summed E-state index contributed by atoms with van der Waals surface area (Å²) in [5.41, 5.74) is 1.81. The molecule has 2 aromatic rings. The third-order valence-electron chi connectivity index (χ3n) is 4.00. The Kier molecular flexibility index (Phi) is 5.29. The number of aliphatic hydroxyl groups is 1. The van der Waals surface area contributed by atoms with Gasteiger partial charge in [0.2, 0.25) is 5.91 Å². The Morgan fingerprint density at radius 2 is 2.04 bits per heavy atom. The number of amides is 1. The van der Waals surface area contributed by atoms with Crippen molar-refractivity contribution in [3.63, 3.8) is 0 Å². The second-order valence-electron chi connectivity index (χ2n) is 5.89. The predicted molar refractivity (Wildman–Crippen MR) is 92.5 cm³/mol. The van der Waals surface area contributed by atoms with Crippen LogP contribution < -0.4 is 10.1 Å². The number of carbonyl (C=O) groups is 1. The molecule has 124 valence electrons. The third-order valence-corrected chi connectivity index (χ3v) is 4.00. The Labute approximate surface area is 141 Å². The second-order valence-corrected chi connectivity index (χ2v) is 5.89. The number of hydrogen-bond acceptors (Lipinski definition) is 3. The average molecular weight is 323 g/mol. The lowest BCUT2D eigenvalue weighted by molar-refractivity contribution is -0.119. The molecule has 0 spiro atoms. The van der Waals surface area contributed by atoms with E-state index in [9.17, 15) is 9.90 Å². The first-order chi connectivity index (χ1) is 11.7. The molecule has 2 N–H and O–H groups in total. The number of ether oxygens (including phenoxy) is 1. The van der Waals surface area contributed by atoms with E-state index in [1.165, 1.54) is 0 Å². The van der Waals surface area contributed by atoms with Gasteiger partial charge in [-0.1, -0.05) is 48.6 Å². The molecule has 1 aliphatic heterocycles. The normalized spacial score (nSPS) is 18.5. The van der Waals surface area contributed by atoms with Crippen LogP contribution in [-0.4, -0.2) is 17.1 Å². The summed E-state index contributed by atoms with van der Waals surface area (Å²) in [6.45, 7) is 0.451. The molecule has 1 amide bonds. The largest absolute Gasteiger partial charge is 0.489 e. The number of para-hydroxylation sites is 1. The fourth-order valence-electron chi connectivity index (χ4n) is 2.68. The van der Waals surface area contributed by atoms with Gasteiger partial charge in [-0.15, -0.1) is 0 Å². The van der Waals surface area contributed by atoms with E-state index in [0.29, 0.717) is 13.0 Å². The van der Waals surface area contributed by atoms with Gasteiger partial charge >= 0.3 is 0 Å². The van der Waals surface area contributed by atoms with E-state index in [4.69, 9.17) is 4.74 Å². The SMILES string of the molecule is O=C1CC[C@H](/C=C/C(O)c2cccc(COc3ccccc3)c2)N1. The van der Waals surface area contributed by atoms with Crippen molar-refractivity contribution in [2.75, 3.05) is 0 Å². The van der Waals surface area contributed by atoms with Gasteiger partial charge in [-0.25, -0.2) is 0 Å². The Balaban J connectivity index is 1.59. The molecule has 2 atom stereocenters. The highest BCUT2D eigenvalue weighted by Crippen LogP contribution is 2.19. The van der Waals surface area contributed by atoms with Crippen LogP contribution in [0.25, 0.3) is 0 Å². The zero-order chi connectivity index (χ0) is 16.8. The van der Waals surface area contributed by atoms with E-state index in [2.05, 4.69) is 5.32 Å². The summed E-state index contributed by atoms with van der Waals surface area (Å²) in [4.78, 5) is 11.2. The van der Waals surface area contributed by atoms with Crippen molar-refractivity contribution in [1.29, 1.82) is 0 Å². The van der Waals surface area contributed by atoms with E-state index >= 15 is 0 Å². The number of rotatable bonds is 6. The fourth-order valence-corrected chi connectivity index (χ4v) is 2.68. The molecule has 1 fully saturated rings. The molecular weight excluding hydrogens is 302 g/mol. The van der Waals surface area contributed by atoms with Crippen LogP contribution in [0.15, 0.2) is 66.7 Å². The van der Waals surface area contributed by atoms with Crippen LogP contribution in [0, 0.1) is 0 Å². The van der Waals surface area contributed by atoms with Gasteiger partial charge < -0.3 is 15.2 Å². The van der Waals surface area contributed by atoms with Crippen molar-refractivity contribution in [2.24, 2.45) is 0 Å². The number of aliphatic hydroxyl groups excluding tert-OH is 1. The first kappa shape index (κ1) is 16.3. The molecule has 4 nitrogen and oxygen atoms in total. The van der Waals surface area contributed by atoms with Crippen LogP contribution in [0.5, 0.6) is 5.75 Å². The molecule has 0 saturated carbocycles. The maximum absolute atomic E-state index is 11.2. The Bertz CT molecular complexity index is 712. The average Bonchev–Trinajstić information content (AvgIpc) is 3.04. The number of nitrogens with one attached hydrogen (secondary N) is 1. The van der Waals surface area contributed by atoms with Crippen molar-refractivity contribution in [2.45, 2.75) is 31.6 Å². The van der Waals surface area contributed by atoms with Gasteiger partial charge in [0, 0.05) is 12.5 Å². The predicted octanol–water partition coefficient (Wildman–Crippen LogP) is 3.13. The summed E-state index contributed by atoms with van der Waals surface area (Å²) in [5.74, 6) is 0.888. The highest BCUT2D eigenvalue weighted by atomic mass is 16.5. The van der Waals surface area contributed by atoms with Gasteiger partial charge in [0.1, 0.15) is 12.4 Å². The smallest absolute Gasteiger partial charge is 0.220 e. The van der Waals surface area contributed by atoms with Crippen LogP contribution >= 0.6 is 0 Å². The standard InChI is InChI=1S/C20H21NO3/c22-19(11-9-17-10-12-20(23)21-17)16-6-4-5-15(13-16)14-24-18-7-2-1-3-8-18/h1-9,11,13,17,19,22H,10,12,14H2,(H,21,23)/b11-9+/t17-,19?/m0/s1. The van der Waals surface area contributed by atoms with Crippen LogP contribution in [-0.2, 0) is 11.4 Å². The van der Waals surface area contributed by atoms with Crippen molar-refractivity contribution in [1.82, 2.24) is 5.32 Å². The molecule has 0 aromatic heterocycles. The minimum Gasteiger partial charge on any atom is -0.489 e. The molecule has 1 saturated heterocycles. The van der Waals surface area contributed by atoms with Crippen LogP contribution in [0.4, 0.5) is 0 Å². The van der Waals surface area contributed by atoms with Crippen molar-refractivity contribution < 1.29 is 14.6 Å². The lowest BCUT2D eigenvalue weighted by atomic mass is 10.0. The second kappa shape index (κ2) is 7.79. The first-order valence-electron chi connectivity index (χ1n) is 8.13. The van der Waals surface area contributed by atoms with Crippen LogP contribution in [0.3, 0.4) is 0 Å². The van der Waals surface area contributed by atoms with Gasteiger partial charge in [0.15, 0.2) is 0 Å².